The highest BCUT2D eigenvalue weighted by atomic mass is 19.1. The zero-order valence-electron chi connectivity index (χ0n) is 6.13. The molecule has 11 heavy (non-hydrogen) atoms. The van der Waals surface area contributed by atoms with Crippen LogP contribution in [0.3, 0.4) is 0 Å². The Bertz CT molecular complexity index is 389. The number of para-hydroxylation sites is 1. The molecular weight excluding hydrogens is 141 g/mol. The maximum atomic E-state index is 13.0. The van der Waals surface area contributed by atoms with E-state index in [1.807, 2.05) is 13.1 Å². The molecule has 55 valence electrons. The number of halogens is 1. The fourth-order valence-electron chi connectivity index (χ4n) is 1.22. The lowest BCUT2D eigenvalue weighted by Gasteiger charge is -1.95. The molecule has 0 saturated carbocycles. The normalized spacial score (nSPS) is 10.7. The summed E-state index contributed by atoms with van der Waals surface area (Å²) in [7, 11) is 1.81. The topological polar surface area (TPSA) is 4.93 Å². The van der Waals surface area contributed by atoms with Gasteiger partial charge in [0.1, 0.15) is 5.82 Å². The van der Waals surface area contributed by atoms with E-state index in [4.69, 9.17) is 0 Å². The Kier molecular flexibility index (Phi) is 1.22. The molecule has 0 aliphatic rings. The van der Waals surface area contributed by atoms with Crippen molar-refractivity contribution < 1.29 is 4.39 Å². The lowest BCUT2D eigenvalue weighted by Crippen LogP contribution is -1.86. The molecule has 0 bridgehead atoms. The molecule has 2 aromatic rings. The molecule has 0 fully saturated rings. The molecule has 2 rings (SSSR count). The monoisotopic (exact) mass is 148 g/mol. The van der Waals surface area contributed by atoms with Crippen molar-refractivity contribution in [3.63, 3.8) is 0 Å². The van der Waals surface area contributed by atoms with Crippen LogP contribution >= 0.6 is 0 Å². The summed E-state index contributed by atoms with van der Waals surface area (Å²) in [5.74, 6) is -0.189. The van der Waals surface area contributed by atoms with E-state index < -0.39 is 0 Å². The molecule has 0 amide bonds. The summed E-state index contributed by atoms with van der Waals surface area (Å²) in [4.78, 5) is 0. The Hall–Kier alpha value is -1.31. The van der Waals surface area contributed by atoms with Crippen molar-refractivity contribution in [1.82, 2.24) is 4.57 Å². The van der Waals surface area contributed by atoms with Crippen molar-refractivity contribution in [2.45, 2.75) is 0 Å². The van der Waals surface area contributed by atoms with Crippen LogP contribution in [0.5, 0.6) is 0 Å². The third-order valence-corrected chi connectivity index (χ3v) is 1.75. The molecule has 0 aliphatic carbocycles. The second-order valence-electron chi connectivity index (χ2n) is 2.52. The molecule has 1 heterocycles. The predicted molar refractivity (Wildman–Crippen MR) is 41.7 cm³/mol. The molecule has 1 radical (unpaired) electrons. The standard InChI is InChI=1S/C9H7FN/c1-11-6-5-7-3-2-4-8(10)9(7)11/h2-4,6H,1H3. The molecular formula is C9H7FN. The first-order chi connectivity index (χ1) is 5.29. The highest BCUT2D eigenvalue weighted by molar-refractivity contribution is 5.79. The van der Waals surface area contributed by atoms with Crippen LogP contribution in [-0.2, 0) is 7.05 Å². The Morgan fingerprint density at radius 3 is 3.00 bits per heavy atom. The van der Waals surface area contributed by atoms with Gasteiger partial charge >= 0.3 is 0 Å². The maximum absolute atomic E-state index is 13.0. The average Bonchev–Trinajstić information content (AvgIpc) is 2.34. The van der Waals surface area contributed by atoms with Gasteiger partial charge in [-0.2, -0.15) is 0 Å². The highest BCUT2D eigenvalue weighted by Gasteiger charge is 2.01. The lowest BCUT2D eigenvalue weighted by molar-refractivity contribution is 0.632. The Morgan fingerprint density at radius 1 is 1.45 bits per heavy atom. The van der Waals surface area contributed by atoms with Crippen molar-refractivity contribution in [3.8, 4) is 0 Å². The number of benzene rings is 1. The van der Waals surface area contributed by atoms with Gasteiger partial charge in [0.25, 0.3) is 0 Å². The van der Waals surface area contributed by atoms with E-state index in [2.05, 4.69) is 6.07 Å². The fourth-order valence-corrected chi connectivity index (χ4v) is 1.22. The number of nitrogens with zero attached hydrogens (tertiary/aromatic N) is 1. The van der Waals surface area contributed by atoms with Crippen LogP contribution in [-0.4, -0.2) is 4.57 Å². The van der Waals surface area contributed by atoms with Crippen LogP contribution in [0.4, 0.5) is 4.39 Å². The van der Waals surface area contributed by atoms with Gasteiger partial charge in [-0.05, 0) is 6.07 Å². The van der Waals surface area contributed by atoms with Gasteiger partial charge in [-0.25, -0.2) is 4.39 Å². The van der Waals surface area contributed by atoms with E-state index in [9.17, 15) is 4.39 Å². The number of hydrogen-bond donors (Lipinski definition) is 0. The zero-order valence-corrected chi connectivity index (χ0v) is 6.13. The first-order valence-corrected chi connectivity index (χ1v) is 3.40. The third kappa shape index (κ3) is 0.827. The largest absolute Gasteiger partial charge is 0.348 e. The molecule has 0 spiro atoms. The number of rotatable bonds is 0. The van der Waals surface area contributed by atoms with Crippen molar-refractivity contribution in [1.29, 1.82) is 0 Å². The van der Waals surface area contributed by atoms with Crippen molar-refractivity contribution in [2.24, 2.45) is 7.05 Å². The average molecular weight is 148 g/mol. The minimum atomic E-state index is -0.189. The predicted octanol–water partition coefficient (Wildman–Crippen LogP) is 2.12. The van der Waals surface area contributed by atoms with E-state index in [0.717, 1.165) is 5.39 Å². The van der Waals surface area contributed by atoms with Gasteiger partial charge in [-0.3, -0.25) is 0 Å². The van der Waals surface area contributed by atoms with Crippen LogP contribution in [0.2, 0.25) is 0 Å². The smallest absolute Gasteiger partial charge is 0.147 e. The molecule has 0 unspecified atom stereocenters. The first kappa shape index (κ1) is 6.40. The Labute approximate surface area is 64.1 Å². The minimum absolute atomic E-state index is 0.189. The Balaban J connectivity index is 2.96. The van der Waals surface area contributed by atoms with Gasteiger partial charge < -0.3 is 4.57 Å². The molecule has 0 aliphatic heterocycles. The van der Waals surface area contributed by atoms with Crippen LogP contribution in [0.25, 0.3) is 10.9 Å². The molecule has 2 heteroatoms. The fraction of sp³-hybridized carbons (Fsp3) is 0.111. The quantitative estimate of drug-likeness (QED) is 0.539. The second-order valence-corrected chi connectivity index (χ2v) is 2.52. The summed E-state index contributed by atoms with van der Waals surface area (Å²) in [6.45, 7) is 0. The second kappa shape index (κ2) is 2.09. The van der Waals surface area contributed by atoms with E-state index in [1.165, 1.54) is 6.07 Å². The van der Waals surface area contributed by atoms with E-state index >= 15 is 0 Å². The van der Waals surface area contributed by atoms with Crippen LogP contribution in [0.15, 0.2) is 24.4 Å². The summed E-state index contributed by atoms with van der Waals surface area (Å²) in [6, 6.07) is 7.94. The summed E-state index contributed by atoms with van der Waals surface area (Å²) in [6.07, 6.45) is 1.73. The van der Waals surface area contributed by atoms with Crippen LogP contribution < -0.4 is 0 Å². The van der Waals surface area contributed by atoms with Gasteiger partial charge in [0.05, 0.1) is 5.52 Å². The summed E-state index contributed by atoms with van der Waals surface area (Å²) in [5, 5.41) is 0.826. The first-order valence-electron chi connectivity index (χ1n) is 3.40. The maximum Gasteiger partial charge on any atom is 0.147 e. The number of aryl methyl sites for hydroxylation is 1. The summed E-state index contributed by atoms with van der Waals surface area (Å²) < 4.78 is 14.8. The van der Waals surface area contributed by atoms with Crippen LogP contribution in [0.1, 0.15) is 0 Å². The van der Waals surface area contributed by atoms with Gasteiger partial charge in [-0.1, -0.05) is 12.1 Å². The van der Waals surface area contributed by atoms with Crippen molar-refractivity contribution in [3.05, 3.63) is 36.3 Å². The Morgan fingerprint density at radius 2 is 2.27 bits per heavy atom. The van der Waals surface area contributed by atoms with E-state index in [-0.39, 0.29) is 5.82 Å². The molecule has 0 N–H and O–H groups in total. The highest BCUT2D eigenvalue weighted by Crippen LogP contribution is 2.16. The van der Waals surface area contributed by atoms with Gasteiger partial charge in [0.15, 0.2) is 0 Å². The molecule has 1 aromatic heterocycles. The van der Waals surface area contributed by atoms with Crippen molar-refractivity contribution >= 4 is 10.9 Å². The third-order valence-electron chi connectivity index (χ3n) is 1.75. The van der Waals surface area contributed by atoms with Crippen molar-refractivity contribution in [2.75, 3.05) is 0 Å². The van der Waals surface area contributed by atoms with Gasteiger partial charge in [-0.15, -0.1) is 0 Å². The summed E-state index contributed by atoms with van der Waals surface area (Å²) >= 11 is 0. The minimum Gasteiger partial charge on any atom is -0.348 e. The SMILES string of the molecule is Cn1c[c]c2cccc(F)c21. The lowest BCUT2D eigenvalue weighted by atomic mass is 10.2. The van der Waals surface area contributed by atoms with E-state index in [0.29, 0.717) is 5.52 Å². The number of hydrogen-bond acceptors (Lipinski definition) is 0. The van der Waals surface area contributed by atoms with Gasteiger partial charge in [0, 0.05) is 24.7 Å². The van der Waals surface area contributed by atoms with E-state index in [1.54, 1.807) is 16.8 Å². The summed E-state index contributed by atoms with van der Waals surface area (Å²) in [5.41, 5.74) is 0.618. The zero-order chi connectivity index (χ0) is 7.84. The number of fused-ring (bicyclic) bond motifs is 1. The molecule has 0 saturated heterocycles. The molecule has 1 aromatic carbocycles. The van der Waals surface area contributed by atoms with Crippen LogP contribution in [0, 0.1) is 11.9 Å². The number of aromatic nitrogens is 1. The molecule has 1 nitrogen and oxygen atoms in total. The molecule has 0 atom stereocenters. The van der Waals surface area contributed by atoms with Gasteiger partial charge in [0.2, 0.25) is 0 Å².